The van der Waals surface area contributed by atoms with E-state index in [9.17, 15) is 13.6 Å². The van der Waals surface area contributed by atoms with Gasteiger partial charge in [0.05, 0.1) is 11.2 Å². The number of hydrogen-bond acceptors (Lipinski definition) is 6. The molecule has 10 heteroatoms. The molecule has 0 saturated carbocycles. The summed E-state index contributed by atoms with van der Waals surface area (Å²) in [6, 6.07) is 11.0. The summed E-state index contributed by atoms with van der Waals surface area (Å²) in [5.74, 6) is 0.0219. The van der Waals surface area contributed by atoms with Crippen LogP contribution in [0.5, 0.6) is 0 Å². The van der Waals surface area contributed by atoms with Crippen LogP contribution < -0.4 is 21.7 Å². The minimum atomic E-state index is -0.627. The van der Waals surface area contributed by atoms with E-state index in [1.165, 1.54) is 12.1 Å². The molecule has 3 aromatic rings. The van der Waals surface area contributed by atoms with Crippen LogP contribution in [0.1, 0.15) is 28.9 Å². The van der Waals surface area contributed by atoms with Gasteiger partial charge in [0.1, 0.15) is 23.9 Å². The first-order valence-corrected chi connectivity index (χ1v) is 10.3. The second kappa shape index (κ2) is 8.91. The van der Waals surface area contributed by atoms with Gasteiger partial charge in [-0.3, -0.25) is 9.48 Å². The first-order chi connectivity index (χ1) is 15.4. The number of nitrogens with two attached hydrogens (primary N) is 2. The zero-order valence-electron chi connectivity index (χ0n) is 17.5. The van der Waals surface area contributed by atoms with E-state index in [0.717, 1.165) is 5.82 Å². The Kier molecular flexibility index (Phi) is 6.04. The van der Waals surface area contributed by atoms with Crippen molar-refractivity contribution in [2.45, 2.75) is 25.1 Å². The number of amides is 1. The number of hydrogen-bond donors (Lipinski definition) is 3. The molecule has 0 spiro atoms. The molecule has 1 saturated heterocycles. The van der Waals surface area contributed by atoms with Crippen LogP contribution in [-0.2, 0) is 12.2 Å². The van der Waals surface area contributed by atoms with E-state index < -0.39 is 18.1 Å². The third kappa shape index (κ3) is 4.26. The van der Waals surface area contributed by atoms with Gasteiger partial charge in [-0.15, -0.1) is 0 Å². The maximum absolute atomic E-state index is 13.2. The van der Waals surface area contributed by atoms with Crippen LogP contribution in [0.3, 0.4) is 0 Å². The second-order valence-electron chi connectivity index (χ2n) is 7.87. The monoisotopic (exact) mass is 441 g/mol. The number of carbonyl (C=O) groups excluding carboxylic acids is 1. The predicted molar refractivity (Wildman–Crippen MR) is 118 cm³/mol. The van der Waals surface area contributed by atoms with Crippen LogP contribution in [0, 0.1) is 5.82 Å². The van der Waals surface area contributed by atoms with E-state index in [0.29, 0.717) is 43.9 Å². The largest absolute Gasteiger partial charge is 0.365 e. The van der Waals surface area contributed by atoms with Gasteiger partial charge in [0, 0.05) is 31.5 Å². The van der Waals surface area contributed by atoms with E-state index >= 15 is 0 Å². The number of halogens is 2. The minimum Gasteiger partial charge on any atom is -0.365 e. The highest BCUT2D eigenvalue weighted by molar-refractivity contribution is 5.98. The third-order valence-electron chi connectivity index (χ3n) is 5.90. The third-order valence-corrected chi connectivity index (χ3v) is 5.90. The van der Waals surface area contributed by atoms with Gasteiger partial charge in [0.15, 0.2) is 5.82 Å². The highest BCUT2D eigenvalue weighted by Gasteiger charge is 2.37. The molecule has 1 aliphatic rings. The molecule has 0 unspecified atom stereocenters. The van der Waals surface area contributed by atoms with Crippen LogP contribution in [0.15, 0.2) is 48.7 Å². The Morgan fingerprint density at radius 1 is 1.16 bits per heavy atom. The standard InChI is InChI=1S/C22H25F2N7O/c23-12-17-2-1-3-19(27-17)30-10-8-22(14-25,9-11-30)31-13-18(20(26)32)21(29-31)28-16-6-4-15(24)5-7-16/h1-7,13H,8-12,14,25H2,(H2,26,32)(H,28,29). The first-order valence-electron chi connectivity index (χ1n) is 10.3. The van der Waals surface area contributed by atoms with Crippen molar-refractivity contribution in [2.75, 3.05) is 29.9 Å². The first kappa shape index (κ1) is 21.7. The summed E-state index contributed by atoms with van der Waals surface area (Å²) in [5.41, 5.74) is 12.4. The van der Waals surface area contributed by atoms with Crippen LogP contribution in [0.25, 0.3) is 0 Å². The molecular formula is C22H25F2N7O. The molecule has 1 fully saturated rings. The van der Waals surface area contributed by atoms with Gasteiger partial charge in [-0.1, -0.05) is 6.07 Å². The molecule has 8 nitrogen and oxygen atoms in total. The zero-order chi connectivity index (χ0) is 22.7. The van der Waals surface area contributed by atoms with Crippen molar-refractivity contribution in [1.29, 1.82) is 0 Å². The number of benzene rings is 1. The fraction of sp³-hybridized carbons (Fsp3) is 0.318. The number of nitrogens with zero attached hydrogens (tertiary/aromatic N) is 4. The summed E-state index contributed by atoms with van der Waals surface area (Å²) in [5, 5.41) is 7.62. The summed E-state index contributed by atoms with van der Waals surface area (Å²) in [6.07, 6.45) is 2.92. The molecule has 1 aromatic carbocycles. The lowest BCUT2D eigenvalue weighted by atomic mass is 9.87. The number of carbonyl (C=O) groups is 1. The molecular weight excluding hydrogens is 416 g/mol. The molecule has 32 heavy (non-hydrogen) atoms. The fourth-order valence-corrected chi connectivity index (χ4v) is 3.96. The summed E-state index contributed by atoms with van der Waals surface area (Å²) >= 11 is 0. The molecule has 1 aliphatic heterocycles. The number of nitrogens with one attached hydrogen (secondary N) is 1. The zero-order valence-corrected chi connectivity index (χ0v) is 17.5. The Morgan fingerprint density at radius 3 is 2.50 bits per heavy atom. The topological polar surface area (TPSA) is 115 Å². The van der Waals surface area contributed by atoms with Crippen molar-refractivity contribution in [3.63, 3.8) is 0 Å². The molecule has 1 amide bonds. The molecule has 0 atom stereocenters. The Balaban J connectivity index is 1.57. The maximum atomic E-state index is 13.2. The van der Waals surface area contributed by atoms with E-state index in [1.807, 2.05) is 6.07 Å². The lowest BCUT2D eigenvalue weighted by Gasteiger charge is -2.41. The van der Waals surface area contributed by atoms with Crippen LogP contribution in [0.2, 0.25) is 0 Å². The Morgan fingerprint density at radius 2 is 1.88 bits per heavy atom. The molecule has 0 radical (unpaired) electrons. The molecule has 4 rings (SSSR count). The van der Waals surface area contributed by atoms with Gasteiger partial charge in [-0.2, -0.15) is 5.10 Å². The van der Waals surface area contributed by atoms with Crippen molar-refractivity contribution < 1.29 is 13.6 Å². The second-order valence-corrected chi connectivity index (χ2v) is 7.87. The van der Waals surface area contributed by atoms with Crippen LogP contribution in [-0.4, -0.2) is 40.3 Å². The molecule has 0 bridgehead atoms. The Labute approximate surface area is 184 Å². The fourth-order valence-electron chi connectivity index (χ4n) is 3.96. The lowest BCUT2D eigenvalue weighted by Crippen LogP contribution is -2.51. The number of primary amides is 1. The summed E-state index contributed by atoms with van der Waals surface area (Å²) in [7, 11) is 0. The molecule has 0 aliphatic carbocycles. The maximum Gasteiger partial charge on any atom is 0.254 e. The van der Waals surface area contributed by atoms with Crippen molar-refractivity contribution in [3.05, 3.63) is 65.7 Å². The summed E-state index contributed by atoms with van der Waals surface area (Å²) in [4.78, 5) is 18.5. The Hall–Kier alpha value is -3.53. The lowest BCUT2D eigenvalue weighted by molar-refractivity contribution is 0.100. The normalized spacial score (nSPS) is 15.5. The molecule has 5 N–H and O–H groups in total. The number of rotatable bonds is 7. The van der Waals surface area contributed by atoms with Gasteiger partial charge >= 0.3 is 0 Å². The van der Waals surface area contributed by atoms with Crippen LogP contribution in [0.4, 0.5) is 26.1 Å². The quantitative estimate of drug-likeness (QED) is 0.519. The van der Waals surface area contributed by atoms with E-state index in [2.05, 4.69) is 20.3 Å². The number of anilines is 3. The van der Waals surface area contributed by atoms with Crippen molar-refractivity contribution in [1.82, 2.24) is 14.8 Å². The van der Waals surface area contributed by atoms with Crippen molar-refractivity contribution in [2.24, 2.45) is 11.5 Å². The van der Waals surface area contributed by atoms with E-state index in [-0.39, 0.29) is 17.2 Å². The number of alkyl halides is 1. The average molecular weight is 441 g/mol. The average Bonchev–Trinajstić information content (AvgIpc) is 3.25. The molecule has 168 valence electrons. The van der Waals surface area contributed by atoms with Crippen LogP contribution >= 0.6 is 0 Å². The van der Waals surface area contributed by atoms with Gasteiger partial charge in [0.2, 0.25) is 0 Å². The Bertz CT molecular complexity index is 1090. The summed E-state index contributed by atoms with van der Waals surface area (Å²) < 4.78 is 27.9. The van der Waals surface area contributed by atoms with Gasteiger partial charge in [-0.25, -0.2) is 13.8 Å². The number of pyridine rings is 1. The molecule has 3 heterocycles. The van der Waals surface area contributed by atoms with Crippen molar-refractivity contribution >= 4 is 23.2 Å². The predicted octanol–water partition coefficient (Wildman–Crippen LogP) is 2.68. The SMILES string of the molecule is NCC1(n2cc(C(N)=O)c(Nc3ccc(F)cc3)n2)CCN(c2cccc(CF)n2)CC1. The van der Waals surface area contributed by atoms with E-state index in [1.54, 1.807) is 35.1 Å². The highest BCUT2D eigenvalue weighted by Crippen LogP contribution is 2.33. The van der Waals surface area contributed by atoms with E-state index in [4.69, 9.17) is 11.5 Å². The highest BCUT2D eigenvalue weighted by atomic mass is 19.1. The molecule has 2 aromatic heterocycles. The van der Waals surface area contributed by atoms with Gasteiger partial charge in [0.25, 0.3) is 5.91 Å². The summed E-state index contributed by atoms with van der Waals surface area (Å²) in [6.45, 7) is 0.995. The number of piperidine rings is 1. The smallest absolute Gasteiger partial charge is 0.254 e. The van der Waals surface area contributed by atoms with Gasteiger partial charge < -0.3 is 21.7 Å². The minimum absolute atomic E-state index is 0.224. The number of aromatic nitrogens is 3. The van der Waals surface area contributed by atoms with Gasteiger partial charge in [-0.05, 0) is 49.2 Å². The van der Waals surface area contributed by atoms with Crippen molar-refractivity contribution in [3.8, 4) is 0 Å².